The highest BCUT2D eigenvalue weighted by atomic mass is 15.2. The maximum absolute atomic E-state index is 2.79. The van der Waals surface area contributed by atoms with Crippen LogP contribution >= 0.6 is 0 Å². The topological polar surface area (TPSA) is 3.24 Å². The molecule has 1 aliphatic heterocycles. The first-order valence-corrected chi connectivity index (χ1v) is 8.64. The van der Waals surface area contributed by atoms with Crippen LogP contribution in [0, 0.1) is 17.3 Å². The number of nitrogens with zero attached hydrogens (tertiary/aromatic N) is 1. The van der Waals surface area contributed by atoms with Gasteiger partial charge in [-0.1, -0.05) is 48.0 Å². The van der Waals surface area contributed by atoms with Crippen LogP contribution in [0.2, 0.25) is 0 Å². The fraction of sp³-hybridized carbons (Fsp3) is 1.00. The Hall–Kier alpha value is -0.0400. The lowest BCUT2D eigenvalue weighted by atomic mass is 9.67. The van der Waals surface area contributed by atoms with E-state index in [1.165, 1.54) is 51.6 Å². The van der Waals surface area contributed by atoms with E-state index in [0.29, 0.717) is 5.41 Å². The van der Waals surface area contributed by atoms with Crippen LogP contribution in [0.3, 0.4) is 0 Å². The van der Waals surface area contributed by atoms with Gasteiger partial charge in [0.25, 0.3) is 0 Å². The molecule has 2 atom stereocenters. The molecule has 1 saturated heterocycles. The Morgan fingerprint density at radius 3 is 1.95 bits per heavy atom. The van der Waals surface area contributed by atoms with Crippen LogP contribution in [0.5, 0.6) is 0 Å². The van der Waals surface area contributed by atoms with E-state index in [-0.39, 0.29) is 0 Å². The van der Waals surface area contributed by atoms with E-state index in [1.807, 2.05) is 0 Å². The summed E-state index contributed by atoms with van der Waals surface area (Å²) in [6.07, 6.45) is 8.39. The minimum atomic E-state index is 0.561. The lowest BCUT2D eigenvalue weighted by Crippen LogP contribution is -2.46. The Morgan fingerprint density at radius 1 is 0.947 bits per heavy atom. The van der Waals surface area contributed by atoms with E-state index >= 15 is 0 Å². The van der Waals surface area contributed by atoms with Crippen molar-refractivity contribution in [2.45, 2.75) is 86.1 Å². The van der Waals surface area contributed by atoms with E-state index in [9.17, 15) is 0 Å². The Bertz CT molecular complexity index is 238. The van der Waals surface area contributed by atoms with E-state index in [4.69, 9.17) is 0 Å². The van der Waals surface area contributed by atoms with Crippen molar-refractivity contribution < 1.29 is 0 Å². The number of likely N-dealkylation sites (tertiary alicyclic amines) is 1. The highest BCUT2D eigenvalue weighted by Gasteiger charge is 2.36. The van der Waals surface area contributed by atoms with E-state index in [1.54, 1.807) is 0 Å². The summed E-state index contributed by atoms with van der Waals surface area (Å²) in [6, 6.07) is 0.888. The number of hydrogen-bond acceptors (Lipinski definition) is 1. The molecule has 2 fully saturated rings. The molecule has 0 unspecified atom stereocenters. The zero-order valence-corrected chi connectivity index (χ0v) is 14.3. The predicted octanol–water partition coefficient (Wildman–Crippen LogP) is 5.35. The smallest absolute Gasteiger partial charge is 0.0100 e. The van der Waals surface area contributed by atoms with Gasteiger partial charge in [-0.25, -0.2) is 0 Å². The fourth-order valence-corrected chi connectivity index (χ4v) is 3.45. The lowest BCUT2D eigenvalue weighted by Gasteiger charge is -2.46. The number of hydrogen-bond donors (Lipinski definition) is 0. The number of rotatable bonds is 1. The molecule has 0 aromatic heterocycles. The van der Waals surface area contributed by atoms with Crippen LogP contribution in [0.1, 0.15) is 80.1 Å². The van der Waals surface area contributed by atoms with Gasteiger partial charge in [-0.2, -0.15) is 0 Å². The first-order valence-electron chi connectivity index (χ1n) is 8.64. The minimum absolute atomic E-state index is 0.561. The summed E-state index contributed by atoms with van der Waals surface area (Å²) in [4.78, 5) is 2.79. The van der Waals surface area contributed by atoms with Gasteiger partial charge < -0.3 is 4.90 Å². The molecule has 0 aromatic rings. The summed E-state index contributed by atoms with van der Waals surface area (Å²) in [7, 11) is 0. The summed E-state index contributed by atoms with van der Waals surface area (Å²) in [5.41, 5.74) is 0.561. The second-order valence-corrected chi connectivity index (χ2v) is 7.75. The van der Waals surface area contributed by atoms with Crippen LogP contribution in [0.4, 0.5) is 0 Å². The molecule has 0 N–H and O–H groups in total. The van der Waals surface area contributed by atoms with Crippen LogP contribution in [0.25, 0.3) is 0 Å². The molecule has 1 heterocycles. The monoisotopic (exact) mass is 267 g/mol. The first kappa shape index (κ1) is 17.0. The number of piperidine rings is 1. The van der Waals surface area contributed by atoms with Gasteiger partial charge in [0.05, 0.1) is 0 Å². The predicted molar refractivity (Wildman–Crippen MR) is 86.5 cm³/mol. The van der Waals surface area contributed by atoms with Crippen LogP contribution in [-0.4, -0.2) is 24.0 Å². The van der Waals surface area contributed by atoms with Crippen LogP contribution < -0.4 is 0 Å². The van der Waals surface area contributed by atoms with Crippen molar-refractivity contribution in [1.82, 2.24) is 4.90 Å². The van der Waals surface area contributed by atoms with Crippen molar-refractivity contribution in [2.24, 2.45) is 17.3 Å². The average Bonchev–Trinajstić information content (AvgIpc) is 2.35. The maximum Gasteiger partial charge on any atom is 0.0100 e. The second-order valence-electron chi connectivity index (χ2n) is 7.75. The van der Waals surface area contributed by atoms with Gasteiger partial charge in [0.2, 0.25) is 0 Å². The third kappa shape index (κ3) is 5.10. The molecule has 0 radical (unpaired) electrons. The van der Waals surface area contributed by atoms with Crippen molar-refractivity contribution in [3.05, 3.63) is 0 Å². The second kappa shape index (κ2) is 7.67. The van der Waals surface area contributed by atoms with Gasteiger partial charge in [-0.3, -0.25) is 0 Å². The van der Waals surface area contributed by atoms with Gasteiger partial charge in [-0.15, -0.1) is 0 Å². The standard InChI is InChI=1S/C15H29N.C3H8/c1-12-7-9-16(10-8-12)14-6-5-13(2)15(3,4)11-14;1-3-2/h12-14H,5-11H2,1-4H3;3H2,1-2H3/t13-,14+;/m0./s1. The zero-order chi connectivity index (χ0) is 14.5. The van der Waals surface area contributed by atoms with Crippen molar-refractivity contribution in [1.29, 1.82) is 0 Å². The van der Waals surface area contributed by atoms with Gasteiger partial charge in [-0.05, 0) is 62.4 Å². The normalized spacial score (nSPS) is 32.5. The highest BCUT2D eigenvalue weighted by Crippen LogP contribution is 2.42. The lowest BCUT2D eigenvalue weighted by molar-refractivity contribution is 0.0379. The molecule has 0 amide bonds. The molecule has 114 valence electrons. The molecule has 0 spiro atoms. The molecular weight excluding hydrogens is 230 g/mol. The van der Waals surface area contributed by atoms with Gasteiger partial charge >= 0.3 is 0 Å². The summed E-state index contributed by atoms with van der Waals surface area (Å²) in [6.45, 7) is 16.7. The Labute approximate surface area is 122 Å². The van der Waals surface area contributed by atoms with Crippen molar-refractivity contribution in [3.63, 3.8) is 0 Å². The van der Waals surface area contributed by atoms with E-state index in [2.05, 4.69) is 46.4 Å². The molecule has 19 heavy (non-hydrogen) atoms. The molecule has 1 aliphatic carbocycles. The van der Waals surface area contributed by atoms with Crippen molar-refractivity contribution in [3.8, 4) is 0 Å². The van der Waals surface area contributed by atoms with Crippen LogP contribution in [-0.2, 0) is 0 Å². The summed E-state index contributed by atoms with van der Waals surface area (Å²) in [5, 5.41) is 0. The van der Waals surface area contributed by atoms with Crippen LogP contribution in [0.15, 0.2) is 0 Å². The fourth-order valence-electron chi connectivity index (χ4n) is 3.45. The Balaban J connectivity index is 0.000000550. The van der Waals surface area contributed by atoms with Gasteiger partial charge in [0.1, 0.15) is 0 Å². The molecule has 0 aromatic carbocycles. The Morgan fingerprint density at radius 2 is 1.47 bits per heavy atom. The molecule has 1 saturated carbocycles. The first-order chi connectivity index (χ1) is 8.90. The summed E-state index contributed by atoms with van der Waals surface area (Å²) >= 11 is 0. The zero-order valence-electron chi connectivity index (χ0n) is 14.3. The molecular formula is C18H37N. The summed E-state index contributed by atoms with van der Waals surface area (Å²) < 4.78 is 0. The highest BCUT2D eigenvalue weighted by molar-refractivity contribution is 4.90. The average molecular weight is 268 g/mol. The van der Waals surface area contributed by atoms with Gasteiger partial charge in [0.15, 0.2) is 0 Å². The van der Waals surface area contributed by atoms with E-state index in [0.717, 1.165) is 17.9 Å². The SMILES string of the molecule is CC1CCN([C@@H]2CC[C@H](C)C(C)(C)C2)CC1.CCC. The van der Waals surface area contributed by atoms with E-state index < -0.39 is 0 Å². The quantitative estimate of drug-likeness (QED) is 0.619. The third-order valence-corrected chi connectivity index (χ3v) is 5.36. The summed E-state index contributed by atoms with van der Waals surface area (Å²) in [5.74, 6) is 1.87. The molecule has 1 nitrogen and oxygen atoms in total. The molecule has 2 aliphatic rings. The Kier molecular flexibility index (Phi) is 6.86. The molecule has 0 bridgehead atoms. The third-order valence-electron chi connectivity index (χ3n) is 5.36. The maximum atomic E-state index is 2.79. The van der Waals surface area contributed by atoms with Crippen molar-refractivity contribution >= 4 is 0 Å². The molecule has 1 heteroatoms. The largest absolute Gasteiger partial charge is 0.300 e. The minimum Gasteiger partial charge on any atom is -0.300 e. The molecule has 2 rings (SSSR count). The van der Waals surface area contributed by atoms with Gasteiger partial charge in [0, 0.05) is 6.04 Å². The van der Waals surface area contributed by atoms with Crippen molar-refractivity contribution in [2.75, 3.05) is 13.1 Å².